The number of hydrogen-bond donors (Lipinski definition) is 3. The van der Waals surface area contributed by atoms with E-state index in [0.29, 0.717) is 12.1 Å². The molecule has 1 aliphatic rings. The SMILES string of the molecule is Cl.NCC1(NC(=O)c2ccc(S(=O)(=O)Nc3ccc(F)cc3)cc2)CCCC1. The maximum atomic E-state index is 12.9. The Kier molecular flexibility index (Phi) is 7.03. The Bertz CT molecular complexity index is 912. The fourth-order valence-electron chi connectivity index (χ4n) is 3.26. The van der Waals surface area contributed by atoms with Gasteiger partial charge in [-0.3, -0.25) is 9.52 Å². The third-order valence-electron chi connectivity index (χ3n) is 4.85. The summed E-state index contributed by atoms with van der Waals surface area (Å²) >= 11 is 0. The third-order valence-corrected chi connectivity index (χ3v) is 6.25. The van der Waals surface area contributed by atoms with Gasteiger partial charge in [-0.1, -0.05) is 12.8 Å². The van der Waals surface area contributed by atoms with E-state index in [1.807, 2.05) is 0 Å². The van der Waals surface area contributed by atoms with Gasteiger partial charge in [-0.15, -0.1) is 12.4 Å². The summed E-state index contributed by atoms with van der Waals surface area (Å²) in [5, 5.41) is 3.00. The highest BCUT2D eigenvalue weighted by Gasteiger charge is 2.34. The molecule has 4 N–H and O–H groups in total. The lowest BCUT2D eigenvalue weighted by Gasteiger charge is -2.28. The van der Waals surface area contributed by atoms with Crippen LogP contribution >= 0.6 is 12.4 Å². The molecule has 28 heavy (non-hydrogen) atoms. The summed E-state index contributed by atoms with van der Waals surface area (Å²) in [5.41, 5.74) is 6.09. The van der Waals surface area contributed by atoms with Crippen molar-refractivity contribution in [1.29, 1.82) is 0 Å². The van der Waals surface area contributed by atoms with Gasteiger partial charge in [-0.2, -0.15) is 0 Å². The van der Waals surface area contributed by atoms with Gasteiger partial charge in [0.25, 0.3) is 15.9 Å². The van der Waals surface area contributed by atoms with Crippen molar-refractivity contribution in [3.05, 3.63) is 59.9 Å². The molecular formula is C19H23ClFN3O3S. The van der Waals surface area contributed by atoms with Crippen molar-refractivity contribution in [2.45, 2.75) is 36.1 Å². The van der Waals surface area contributed by atoms with E-state index in [-0.39, 0.29) is 34.4 Å². The molecule has 0 atom stereocenters. The average molecular weight is 428 g/mol. The van der Waals surface area contributed by atoms with Gasteiger partial charge in [0.15, 0.2) is 0 Å². The first-order chi connectivity index (χ1) is 12.8. The van der Waals surface area contributed by atoms with Crippen LogP contribution in [0.3, 0.4) is 0 Å². The van der Waals surface area contributed by atoms with E-state index in [1.54, 1.807) is 0 Å². The topological polar surface area (TPSA) is 101 Å². The number of sulfonamides is 1. The Morgan fingerprint density at radius 2 is 1.61 bits per heavy atom. The van der Waals surface area contributed by atoms with Gasteiger partial charge in [0, 0.05) is 17.8 Å². The van der Waals surface area contributed by atoms with Crippen molar-refractivity contribution in [3.63, 3.8) is 0 Å². The molecule has 2 aromatic carbocycles. The molecule has 0 unspecified atom stereocenters. The minimum Gasteiger partial charge on any atom is -0.345 e. The van der Waals surface area contributed by atoms with Gasteiger partial charge < -0.3 is 11.1 Å². The molecule has 0 aliphatic heterocycles. The smallest absolute Gasteiger partial charge is 0.261 e. The van der Waals surface area contributed by atoms with Crippen LogP contribution in [0.5, 0.6) is 0 Å². The van der Waals surface area contributed by atoms with E-state index in [4.69, 9.17) is 5.73 Å². The number of nitrogens with two attached hydrogens (primary N) is 1. The van der Waals surface area contributed by atoms with E-state index in [2.05, 4.69) is 10.0 Å². The second-order valence-electron chi connectivity index (χ2n) is 6.78. The number of anilines is 1. The molecule has 6 nitrogen and oxygen atoms in total. The quantitative estimate of drug-likeness (QED) is 0.659. The Morgan fingerprint density at radius 1 is 1.04 bits per heavy atom. The highest BCUT2D eigenvalue weighted by Crippen LogP contribution is 2.29. The Balaban J connectivity index is 0.00000280. The van der Waals surface area contributed by atoms with E-state index in [0.717, 1.165) is 25.7 Å². The molecule has 2 aromatic rings. The van der Waals surface area contributed by atoms with Crippen molar-refractivity contribution < 1.29 is 17.6 Å². The normalized spacial score (nSPS) is 15.5. The summed E-state index contributed by atoms with van der Waals surface area (Å²) in [5.74, 6) is -0.719. The molecule has 1 aliphatic carbocycles. The highest BCUT2D eigenvalue weighted by atomic mass is 35.5. The van der Waals surface area contributed by atoms with E-state index in [1.165, 1.54) is 48.5 Å². The van der Waals surface area contributed by atoms with E-state index < -0.39 is 15.8 Å². The summed E-state index contributed by atoms with van der Waals surface area (Å²) in [6.45, 7) is 0.382. The lowest BCUT2D eigenvalue weighted by atomic mass is 9.97. The van der Waals surface area contributed by atoms with Crippen LogP contribution in [0.1, 0.15) is 36.0 Å². The molecule has 0 radical (unpaired) electrons. The van der Waals surface area contributed by atoms with Crippen molar-refractivity contribution >= 4 is 34.0 Å². The number of nitrogens with one attached hydrogen (secondary N) is 2. The minimum atomic E-state index is -3.83. The maximum Gasteiger partial charge on any atom is 0.261 e. The fraction of sp³-hybridized carbons (Fsp3) is 0.316. The average Bonchev–Trinajstić information content (AvgIpc) is 3.12. The largest absolute Gasteiger partial charge is 0.345 e. The van der Waals surface area contributed by atoms with Crippen LogP contribution in [0.25, 0.3) is 0 Å². The van der Waals surface area contributed by atoms with Gasteiger partial charge in [-0.05, 0) is 61.4 Å². The van der Waals surface area contributed by atoms with Crippen molar-refractivity contribution in [3.8, 4) is 0 Å². The van der Waals surface area contributed by atoms with Crippen molar-refractivity contribution in [2.24, 2.45) is 5.73 Å². The van der Waals surface area contributed by atoms with Crippen LogP contribution in [0.4, 0.5) is 10.1 Å². The molecule has 1 fully saturated rings. The second kappa shape index (κ2) is 8.89. The molecule has 0 bridgehead atoms. The van der Waals surface area contributed by atoms with Gasteiger partial charge in [0.1, 0.15) is 5.82 Å². The molecule has 1 amide bonds. The number of carbonyl (C=O) groups is 1. The number of carbonyl (C=O) groups excluding carboxylic acids is 1. The molecule has 0 heterocycles. The zero-order valence-corrected chi connectivity index (χ0v) is 16.8. The lowest BCUT2D eigenvalue weighted by Crippen LogP contribution is -2.51. The van der Waals surface area contributed by atoms with Gasteiger partial charge in [0.05, 0.1) is 10.4 Å². The first-order valence-corrected chi connectivity index (χ1v) is 10.2. The standard InChI is InChI=1S/C19H22FN3O3S.ClH/c20-15-5-7-16(8-6-15)23-27(25,26)17-9-3-14(4-10-17)18(24)22-19(13-21)11-1-2-12-19;/h3-10,23H,1-2,11-13,21H2,(H,22,24);1H. The molecule has 9 heteroatoms. The van der Waals surface area contributed by atoms with Crippen LogP contribution in [-0.4, -0.2) is 26.4 Å². The minimum absolute atomic E-state index is 0. The number of rotatable bonds is 6. The molecule has 152 valence electrons. The molecule has 0 saturated heterocycles. The monoisotopic (exact) mass is 427 g/mol. The summed E-state index contributed by atoms with van der Waals surface area (Å²) in [6.07, 6.45) is 3.76. The molecule has 3 rings (SSSR count). The van der Waals surface area contributed by atoms with Crippen LogP contribution in [-0.2, 0) is 10.0 Å². The van der Waals surface area contributed by atoms with Gasteiger partial charge in [-0.25, -0.2) is 12.8 Å². The molecule has 0 spiro atoms. The highest BCUT2D eigenvalue weighted by molar-refractivity contribution is 7.92. The van der Waals surface area contributed by atoms with Crippen LogP contribution in [0, 0.1) is 5.82 Å². The van der Waals surface area contributed by atoms with Crippen molar-refractivity contribution in [2.75, 3.05) is 11.3 Å². The summed E-state index contributed by atoms with van der Waals surface area (Å²) in [4.78, 5) is 12.5. The first kappa shape index (κ1) is 22.1. The Hall–Kier alpha value is -2.16. The van der Waals surface area contributed by atoms with Crippen LogP contribution in [0.2, 0.25) is 0 Å². The maximum absolute atomic E-state index is 12.9. The van der Waals surface area contributed by atoms with Crippen molar-refractivity contribution in [1.82, 2.24) is 5.32 Å². The predicted octanol–water partition coefficient (Wildman–Crippen LogP) is 3.05. The summed E-state index contributed by atoms with van der Waals surface area (Å²) < 4.78 is 40.2. The molecular weight excluding hydrogens is 405 g/mol. The van der Waals surface area contributed by atoms with E-state index >= 15 is 0 Å². The van der Waals surface area contributed by atoms with Gasteiger partial charge >= 0.3 is 0 Å². The number of halogens is 2. The lowest BCUT2D eigenvalue weighted by molar-refractivity contribution is 0.0903. The third kappa shape index (κ3) is 5.01. The number of amides is 1. The summed E-state index contributed by atoms with van der Waals surface area (Å²) in [7, 11) is -3.83. The van der Waals surface area contributed by atoms with E-state index in [9.17, 15) is 17.6 Å². The van der Waals surface area contributed by atoms with Crippen LogP contribution in [0.15, 0.2) is 53.4 Å². The van der Waals surface area contributed by atoms with Gasteiger partial charge in [0.2, 0.25) is 0 Å². The molecule has 1 saturated carbocycles. The number of hydrogen-bond acceptors (Lipinski definition) is 4. The second-order valence-corrected chi connectivity index (χ2v) is 8.46. The van der Waals surface area contributed by atoms with Crippen LogP contribution < -0.4 is 15.8 Å². The fourth-order valence-corrected chi connectivity index (χ4v) is 4.32. The first-order valence-electron chi connectivity index (χ1n) is 8.75. The Morgan fingerprint density at radius 3 is 2.14 bits per heavy atom. The molecule has 0 aromatic heterocycles. The Labute approximate surface area is 170 Å². The predicted molar refractivity (Wildman–Crippen MR) is 109 cm³/mol. The zero-order chi connectivity index (χ0) is 19.5. The summed E-state index contributed by atoms with van der Waals surface area (Å²) in [6, 6.07) is 10.7. The number of benzene rings is 2. The zero-order valence-electron chi connectivity index (χ0n) is 15.2.